The van der Waals surface area contributed by atoms with Crippen LogP contribution in [0.4, 0.5) is 0 Å². The fourth-order valence-electron chi connectivity index (χ4n) is 3.23. The number of aromatic amines is 1. The maximum Gasteiger partial charge on any atom is 0.261 e. The average Bonchev–Trinajstić information content (AvgIpc) is 2.82. The Balaban J connectivity index is 1.38. The van der Waals surface area contributed by atoms with Crippen LogP contribution in [0.3, 0.4) is 0 Å². The first-order valence-corrected chi connectivity index (χ1v) is 10.0. The molecule has 0 bridgehead atoms. The van der Waals surface area contributed by atoms with E-state index in [1.165, 1.54) is 0 Å². The summed E-state index contributed by atoms with van der Waals surface area (Å²) < 4.78 is 5.77. The van der Waals surface area contributed by atoms with Gasteiger partial charge in [0, 0.05) is 12.2 Å². The van der Waals surface area contributed by atoms with E-state index in [9.17, 15) is 9.59 Å². The van der Waals surface area contributed by atoms with Crippen LogP contribution in [0.25, 0.3) is 11.3 Å². The van der Waals surface area contributed by atoms with Crippen LogP contribution in [-0.4, -0.2) is 10.9 Å². The third kappa shape index (κ3) is 5.28. The largest absolute Gasteiger partial charge is 0.489 e. The molecule has 2 N–H and O–H groups in total. The van der Waals surface area contributed by atoms with Crippen molar-refractivity contribution in [1.82, 2.24) is 10.3 Å². The van der Waals surface area contributed by atoms with Gasteiger partial charge in [-0.25, -0.2) is 0 Å². The van der Waals surface area contributed by atoms with Crippen LogP contribution in [-0.2, 0) is 13.2 Å². The van der Waals surface area contributed by atoms with Gasteiger partial charge in [0.15, 0.2) is 0 Å². The quantitative estimate of drug-likeness (QED) is 0.470. The molecule has 0 unspecified atom stereocenters. The lowest BCUT2D eigenvalue weighted by Gasteiger charge is -2.09. The summed E-state index contributed by atoms with van der Waals surface area (Å²) in [6, 6.07) is 30.2. The monoisotopic (exact) mass is 410 g/mol. The molecule has 31 heavy (non-hydrogen) atoms. The van der Waals surface area contributed by atoms with Crippen molar-refractivity contribution in [2.45, 2.75) is 13.2 Å². The summed E-state index contributed by atoms with van der Waals surface area (Å²) in [7, 11) is 0. The topological polar surface area (TPSA) is 71.2 Å². The molecule has 1 amide bonds. The summed E-state index contributed by atoms with van der Waals surface area (Å²) in [6.45, 7) is 0.754. The van der Waals surface area contributed by atoms with E-state index in [0.29, 0.717) is 18.8 Å². The number of aromatic nitrogens is 1. The van der Waals surface area contributed by atoms with Crippen molar-refractivity contribution in [2.24, 2.45) is 0 Å². The molecule has 4 rings (SSSR count). The molecule has 1 aromatic heterocycles. The van der Waals surface area contributed by atoms with Crippen LogP contribution in [0.1, 0.15) is 21.5 Å². The number of para-hydroxylation sites is 1. The molecule has 0 atom stereocenters. The van der Waals surface area contributed by atoms with E-state index in [4.69, 9.17) is 4.74 Å². The zero-order valence-electron chi connectivity index (χ0n) is 16.9. The van der Waals surface area contributed by atoms with Crippen LogP contribution in [0.5, 0.6) is 5.75 Å². The highest BCUT2D eigenvalue weighted by Crippen LogP contribution is 2.15. The summed E-state index contributed by atoms with van der Waals surface area (Å²) in [5.41, 5.74) is 3.17. The number of carbonyl (C=O) groups is 1. The third-order valence-electron chi connectivity index (χ3n) is 4.83. The Labute approximate surface area is 180 Å². The zero-order valence-corrected chi connectivity index (χ0v) is 16.9. The van der Waals surface area contributed by atoms with Crippen molar-refractivity contribution in [3.8, 4) is 17.0 Å². The molecule has 0 aliphatic heterocycles. The number of amides is 1. The fraction of sp³-hybridized carbons (Fsp3) is 0.0769. The van der Waals surface area contributed by atoms with Gasteiger partial charge < -0.3 is 15.0 Å². The number of nitrogens with one attached hydrogen (secondary N) is 2. The van der Waals surface area contributed by atoms with Gasteiger partial charge in [0.05, 0.1) is 0 Å². The zero-order chi connectivity index (χ0) is 21.5. The van der Waals surface area contributed by atoms with E-state index in [0.717, 1.165) is 22.4 Å². The van der Waals surface area contributed by atoms with E-state index >= 15 is 0 Å². The molecule has 0 aliphatic carbocycles. The summed E-state index contributed by atoms with van der Waals surface area (Å²) in [4.78, 5) is 27.7. The Morgan fingerprint density at radius 1 is 0.806 bits per heavy atom. The molecule has 4 aromatic rings. The minimum absolute atomic E-state index is 0.0863. The Hall–Kier alpha value is -4.12. The summed E-state index contributed by atoms with van der Waals surface area (Å²) in [5, 5.41) is 2.82. The smallest absolute Gasteiger partial charge is 0.261 e. The third-order valence-corrected chi connectivity index (χ3v) is 4.83. The van der Waals surface area contributed by atoms with E-state index in [2.05, 4.69) is 10.3 Å². The van der Waals surface area contributed by atoms with Crippen molar-refractivity contribution in [2.75, 3.05) is 0 Å². The van der Waals surface area contributed by atoms with Gasteiger partial charge in [-0.2, -0.15) is 0 Å². The molecule has 0 aliphatic rings. The molecule has 5 nitrogen and oxygen atoms in total. The molecule has 0 radical (unpaired) electrons. The lowest BCUT2D eigenvalue weighted by atomic mass is 10.1. The first-order chi connectivity index (χ1) is 15.2. The number of hydrogen-bond donors (Lipinski definition) is 2. The predicted octanol–water partition coefficient (Wildman–Crippen LogP) is 4.55. The highest BCUT2D eigenvalue weighted by molar-refractivity contribution is 5.94. The molecule has 0 saturated heterocycles. The second-order valence-electron chi connectivity index (χ2n) is 7.09. The number of ether oxygens (including phenoxy) is 1. The molecule has 0 spiro atoms. The number of rotatable bonds is 7. The van der Waals surface area contributed by atoms with Gasteiger partial charge in [-0.05, 0) is 41.0 Å². The number of H-pyrrole nitrogens is 1. The van der Waals surface area contributed by atoms with Gasteiger partial charge in [0.2, 0.25) is 0 Å². The Kier molecular flexibility index (Phi) is 6.24. The molecule has 1 heterocycles. The first-order valence-electron chi connectivity index (χ1n) is 10.0. The van der Waals surface area contributed by atoms with Gasteiger partial charge in [0.25, 0.3) is 11.5 Å². The number of benzene rings is 3. The summed E-state index contributed by atoms with van der Waals surface area (Å²) in [5.74, 6) is 0.395. The van der Waals surface area contributed by atoms with Crippen molar-refractivity contribution in [3.05, 3.63) is 124 Å². The highest BCUT2D eigenvalue weighted by atomic mass is 16.5. The number of pyridine rings is 1. The van der Waals surface area contributed by atoms with Crippen LogP contribution in [0, 0.1) is 0 Å². The SMILES string of the molecule is O=C(NCc1cccc(COc2ccccc2)c1)c1ccc(-c2ccccc2)[nH]c1=O. The van der Waals surface area contributed by atoms with E-state index in [1.807, 2.05) is 84.9 Å². The molecule has 0 fully saturated rings. The Morgan fingerprint density at radius 3 is 2.26 bits per heavy atom. The van der Waals surface area contributed by atoms with Crippen molar-refractivity contribution in [1.29, 1.82) is 0 Å². The van der Waals surface area contributed by atoms with Crippen LogP contribution in [0.2, 0.25) is 0 Å². The lowest BCUT2D eigenvalue weighted by Crippen LogP contribution is -2.29. The molecule has 3 aromatic carbocycles. The minimum atomic E-state index is -0.413. The average molecular weight is 410 g/mol. The van der Waals surface area contributed by atoms with Gasteiger partial charge in [0.1, 0.15) is 17.9 Å². The van der Waals surface area contributed by atoms with E-state index in [-0.39, 0.29) is 5.56 Å². The number of hydrogen-bond acceptors (Lipinski definition) is 3. The normalized spacial score (nSPS) is 10.5. The Bertz CT molecular complexity index is 1220. The lowest BCUT2D eigenvalue weighted by molar-refractivity contribution is 0.0949. The van der Waals surface area contributed by atoms with E-state index < -0.39 is 11.5 Å². The summed E-state index contributed by atoms with van der Waals surface area (Å²) in [6.07, 6.45) is 0. The first kappa shape index (κ1) is 20.2. The van der Waals surface area contributed by atoms with Gasteiger partial charge in [-0.3, -0.25) is 9.59 Å². The fourth-order valence-corrected chi connectivity index (χ4v) is 3.23. The molecule has 0 saturated carbocycles. The second-order valence-corrected chi connectivity index (χ2v) is 7.09. The maximum atomic E-state index is 12.5. The standard InChI is InChI=1S/C26H22N2O3/c29-25(23-14-15-24(28-26(23)30)21-10-3-1-4-11-21)27-17-19-8-7-9-20(16-19)18-31-22-12-5-2-6-13-22/h1-16H,17-18H2,(H,27,29)(H,28,30). The molecular formula is C26H22N2O3. The van der Waals surface area contributed by atoms with Crippen molar-refractivity contribution in [3.63, 3.8) is 0 Å². The molecule has 5 heteroatoms. The molecule has 154 valence electrons. The van der Waals surface area contributed by atoms with Crippen molar-refractivity contribution >= 4 is 5.91 Å². The predicted molar refractivity (Wildman–Crippen MR) is 121 cm³/mol. The highest BCUT2D eigenvalue weighted by Gasteiger charge is 2.11. The minimum Gasteiger partial charge on any atom is -0.489 e. The van der Waals surface area contributed by atoms with Gasteiger partial charge >= 0.3 is 0 Å². The van der Waals surface area contributed by atoms with Crippen molar-refractivity contribution < 1.29 is 9.53 Å². The van der Waals surface area contributed by atoms with E-state index in [1.54, 1.807) is 12.1 Å². The van der Waals surface area contributed by atoms with Crippen LogP contribution < -0.4 is 15.6 Å². The van der Waals surface area contributed by atoms with Gasteiger partial charge in [-0.1, -0.05) is 72.8 Å². The number of carbonyl (C=O) groups excluding carboxylic acids is 1. The van der Waals surface area contributed by atoms with Crippen LogP contribution >= 0.6 is 0 Å². The maximum absolute atomic E-state index is 12.5. The summed E-state index contributed by atoms with van der Waals surface area (Å²) >= 11 is 0. The van der Waals surface area contributed by atoms with Gasteiger partial charge in [-0.15, -0.1) is 0 Å². The molecular weight excluding hydrogens is 388 g/mol. The second kappa shape index (κ2) is 9.59. The Morgan fingerprint density at radius 2 is 1.52 bits per heavy atom. The van der Waals surface area contributed by atoms with Crippen LogP contribution in [0.15, 0.2) is 102 Å².